The molecular formula is C14H13FO2. The molecule has 0 unspecified atom stereocenters. The van der Waals surface area contributed by atoms with Crippen LogP contribution in [0.3, 0.4) is 0 Å². The molecule has 1 aromatic carbocycles. The standard InChI is InChI=1S/C14H13FO2/c1-3-13-12(4-5-17-13)14(16)10-6-9(2)7-11(15)8-10/h4-8H,3H2,1-2H3. The van der Waals surface area contributed by atoms with E-state index in [1.54, 1.807) is 19.1 Å². The van der Waals surface area contributed by atoms with Gasteiger partial charge in [0.05, 0.1) is 11.8 Å². The lowest BCUT2D eigenvalue weighted by Crippen LogP contribution is -2.03. The molecular weight excluding hydrogens is 219 g/mol. The van der Waals surface area contributed by atoms with Crippen LogP contribution < -0.4 is 0 Å². The van der Waals surface area contributed by atoms with Crippen molar-refractivity contribution >= 4 is 5.78 Å². The summed E-state index contributed by atoms with van der Waals surface area (Å²) in [6.07, 6.45) is 2.13. The number of furan rings is 1. The topological polar surface area (TPSA) is 30.2 Å². The highest BCUT2D eigenvalue weighted by Gasteiger charge is 2.16. The number of hydrogen-bond acceptors (Lipinski definition) is 2. The van der Waals surface area contributed by atoms with Crippen LogP contribution in [0.15, 0.2) is 34.9 Å². The van der Waals surface area contributed by atoms with Gasteiger partial charge in [-0.2, -0.15) is 0 Å². The third-order valence-electron chi connectivity index (χ3n) is 2.62. The summed E-state index contributed by atoms with van der Waals surface area (Å²) in [6.45, 7) is 3.67. The summed E-state index contributed by atoms with van der Waals surface area (Å²) >= 11 is 0. The Morgan fingerprint density at radius 2 is 2.12 bits per heavy atom. The fraction of sp³-hybridized carbons (Fsp3) is 0.214. The van der Waals surface area contributed by atoms with Crippen LogP contribution in [-0.4, -0.2) is 5.78 Å². The molecule has 17 heavy (non-hydrogen) atoms. The third kappa shape index (κ3) is 2.28. The van der Waals surface area contributed by atoms with Crippen molar-refractivity contribution in [3.8, 4) is 0 Å². The first-order chi connectivity index (χ1) is 8.11. The lowest BCUT2D eigenvalue weighted by atomic mass is 10.0. The van der Waals surface area contributed by atoms with Gasteiger partial charge in [0.1, 0.15) is 11.6 Å². The van der Waals surface area contributed by atoms with Crippen LogP contribution in [0.5, 0.6) is 0 Å². The van der Waals surface area contributed by atoms with Crippen molar-refractivity contribution in [2.24, 2.45) is 0 Å². The molecule has 3 heteroatoms. The minimum atomic E-state index is -0.394. The number of rotatable bonds is 3. The van der Waals surface area contributed by atoms with Gasteiger partial charge >= 0.3 is 0 Å². The van der Waals surface area contributed by atoms with E-state index in [0.717, 1.165) is 5.56 Å². The van der Waals surface area contributed by atoms with Gasteiger partial charge in [-0.1, -0.05) is 6.92 Å². The fourth-order valence-electron chi connectivity index (χ4n) is 1.84. The van der Waals surface area contributed by atoms with E-state index in [2.05, 4.69) is 0 Å². The van der Waals surface area contributed by atoms with E-state index in [0.29, 0.717) is 23.3 Å². The molecule has 1 aromatic heterocycles. The Bertz CT molecular complexity index is 535. The predicted octanol–water partition coefficient (Wildman–Crippen LogP) is 3.52. The van der Waals surface area contributed by atoms with Gasteiger partial charge in [0.2, 0.25) is 0 Å². The lowest BCUT2D eigenvalue weighted by Gasteiger charge is -2.02. The van der Waals surface area contributed by atoms with E-state index in [1.807, 2.05) is 6.92 Å². The van der Waals surface area contributed by atoms with Crippen molar-refractivity contribution < 1.29 is 13.6 Å². The van der Waals surface area contributed by atoms with Crippen LogP contribution in [0.1, 0.15) is 34.2 Å². The zero-order valence-electron chi connectivity index (χ0n) is 9.79. The zero-order chi connectivity index (χ0) is 12.4. The van der Waals surface area contributed by atoms with E-state index >= 15 is 0 Å². The minimum Gasteiger partial charge on any atom is -0.469 e. The molecule has 0 aliphatic rings. The maximum atomic E-state index is 13.2. The van der Waals surface area contributed by atoms with Crippen LogP contribution >= 0.6 is 0 Å². The first kappa shape index (κ1) is 11.6. The summed E-state index contributed by atoms with van der Waals surface area (Å²) in [5, 5.41) is 0. The predicted molar refractivity (Wildman–Crippen MR) is 62.7 cm³/mol. The highest BCUT2D eigenvalue weighted by atomic mass is 19.1. The van der Waals surface area contributed by atoms with Crippen LogP contribution in [-0.2, 0) is 6.42 Å². The van der Waals surface area contributed by atoms with Crippen molar-refractivity contribution in [3.63, 3.8) is 0 Å². The molecule has 0 bridgehead atoms. The molecule has 88 valence electrons. The summed E-state index contributed by atoms with van der Waals surface area (Å²) in [5.74, 6) is 0.0463. The van der Waals surface area contributed by atoms with Crippen molar-refractivity contribution in [2.75, 3.05) is 0 Å². The van der Waals surface area contributed by atoms with E-state index in [1.165, 1.54) is 18.4 Å². The van der Waals surface area contributed by atoms with Crippen molar-refractivity contribution in [1.29, 1.82) is 0 Å². The average molecular weight is 232 g/mol. The van der Waals surface area contributed by atoms with Gasteiger partial charge in [-0.25, -0.2) is 4.39 Å². The molecule has 1 heterocycles. The second-order valence-electron chi connectivity index (χ2n) is 3.96. The molecule has 0 amide bonds. The third-order valence-corrected chi connectivity index (χ3v) is 2.62. The van der Waals surface area contributed by atoms with Crippen LogP contribution in [0.2, 0.25) is 0 Å². The fourth-order valence-corrected chi connectivity index (χ4v) is 1.84. The Kier molecular flexibility index (Phi) is 3.09. The largest absolute Gasteiger partial charge is 0.469 e. The molecule has 0 fully saturated rings. The summed E-state index contributed by atoms with van der Waals surface area (Å²) in [4.78, 5) is 12.2. The highest BCUT2D eigenvalue weighted by Crippen LogP contribution is 2.18. The quantitative estimate of drug-likeness (QED) is 0.758. The van der Waals surface area contributed by atoms with Gasteiger partial charge in [0.15, 0.2) is 5.78 Å². The summed E-state index contributed by atoms with van der Waals surface area (Å²) in [7, 11) is 0. The Morgan fingerprint density at radius 3 is 2.76 bits per heavy atom. The van der Waals surface area contributed by atoms with Crippen LogP contribution in [0.25, 0.3) is 0 Å². The Labute approximate surface area is 99.1 Å². The maximum absolute atomic E-state index is 13.2. The van der Waals surface area contributed by atoms with Crippen LogP contribution in [0.4, 0.5) is 4.39 Å². The molecule has 2 rings (SSSR count). The summed E-state index contributed by atoms with van der Waals surface area (Å²) < 4.78 is 18.4. The summed E-state index contributed by atoms with van der Waals surface area (Å²) in [6, 6.07) is 5.95. The molecule has 0 saturated heterocycles. The average Bonchev–Trinajstić information content (AvgIpc) is 2.74. The molecule has 0 aliphatic heterocycles. The first-order valence-electron chi connectivity index (χ1n) is 5.50. The molecule has 0 saturated carbocycles. The monoisotopic (exact) mass is 232 g/mol. The van der Waals surface area contributed by atoms with Gasteiger partial charge in [-0.05, 0) is 36.8 Å². The normalized spacial score (nSPS) is 10.5. The molecule has 0 atom stereocenters. The second-order valence-corrected chi connectivity index (χ2v) is 3.96. The SMILES string of the molecule is CCc1occc1C(=O)c1cc(C)cc(F)c1. The number of aryl methyl sites for hydroxylation is 2. The zero-order valence-corrected chi connectivity index (χ0v) is 9.79. The molecule has 0 aliphatic carbocycles. The Balaban J connectivity index is 2.43. The molecule has 2 aromatic rings. The number of carbonyl (C=O) groups excluding carboxylic acids is 1. The second kappa shape index (κ2) is 4.53. The number of hydrogen-bond donors (Lipinski definition) is 0. The van der Waals surface area contributed by atoms with Gasteiger partial charge in [-0.15, -0.1) is 0 Å². The smallest absolute Gasteiger partial charge is 0.196 e. The van der Waals surface area contributed by atoms with E-state index < -0.39 is 5.82 Å². The number of ketones is 1. The van der Waals surface area contributed by atoms with Gasteiger partial charge < -0.3 is 4.42 Å². The number of halogens is 1. The maximum Gasteiger partial charge on any atom is 0.196 e. The van der Waals surface area contributed by atoms with E-state index in [-0.39, 0.29) is 5.78 Å². The van der Waals surface area contributed by atoms with Gasteiger partial charge in [0.25, 0.3) is 0 Å². The molecule has 0 N–H and O–H groups in total. The first-order valence-corrected chi connectivity index (χ1v) is 5.50. The Hall–Kier alpha value is -1.90. The highest BCUT2D eigenvalue weighted by molar-refractivity contribution is 6.09. The van der Waals surface area contributed by atoms with E-state index in [4.69, 9.17) is 4.42 Å². The van der Waals surface area contributed by atoms with Crippen LogP contribution in [0, 0.1) is 12.7 Å². The van der Waals surface area contributed by atoms with E-state index in [9.17, 15) is 9.18 Å². The summed E-state index contributed by atoms with van der Waals surface area (Å²) in [5.41, 5.74) is 1.60. The number of carbonyl (C=O) groups is 1. The van der Waals surface area contributed by atoms with Crippen molar-refractivity contribution in [1.82, 2.24) is 0 Å². The molecule has 0 spiro atoms. The Morgan fingerprint density at radius 1 is 1.35 bits per heavy atom. The van der Waals surface area contributed by atoms with Crippen molar-refractivity contribution in [3.05, 3.63) is 58.8 Å². The minimum absolute atomic E-state index is 0.196. The lowest BCUT2D eigenvalue weighted by molar-refractivity contribution is 0.103. The number of benzene rings is 1. The van der Waals surface area contributed by atoms with Gasteiger partial charge in [0, 0.05) is 12.0 Å². The van der Waals surface area contributed by atoms with Gasteiger partial charge in [-0.3, -0.25) is 4.79 Å². The molecule has 2 nitrogen and oxygen atoms in total. The van der Waals surface area contributed by atoms with Crippen molar-refractivity contribution in [2.45, 2.75) is 20.3 Å². The molecule has 0 radical (unpaired) electrons.